The van der Waals surface area contributed by atoms with Gasteiger partial charge < -0.3 is 0 Å². The molecule has 29 heavy (non-hydrogen) atoms. The summed E-state index contributed by atoms with van der Waals surface area (Å²) in [6, 6.07) is 9.86. The fourth-order valence-corrected chi connectivity index (χ4v) is 3.89. The van der Waals surface area contributed by atoms with Gasteiger partial charge in [-0.2, -0.15) is 0 Å². The monoisotopic (exact) mass is 415 g/mol. The number of aromatic nitrogens is 2. The molecule has 0 saturated heterocycles. The smallest absolute Gasteiger partial charge is 0.288 e. The van der Waals surface area contributed by atoms with Gasteiger partial charge in [-0.3, -0.25) is 19.5 Å². The van der Waals surface area contributed by atoms with Gasteiger partial charge in [0.25, 0.3) is 11.2 Å². The summed E-state index contributed by atoms with van der Waals surface area (Å²) in [5.41, 5.74) is -1.29. The summed E-state index contributed by atoms with van der Waals surface area (Å²) in [6.07, 6.45) is 0. The molecule has 2 heterocycles. The Morgan fingerprint density at radius 1 is 1.07 bits per heavy atom. The SMILES string of the molecule is O=c1c2sccc2n(Cc2cccc([N+](=O)[O-])c2)c(=O)n1-c1ccc(F)cc1F. The van der Waals surface area contributed by atoms with Gasteiger partial charge in [-0.25, -0.2) is 18.1 Å². The molecule has 0 radical (unpaired) electrons. The van der Waals surface area contributed by atoms with Gasteiger partial charge in [-0.05, 0) is 29.1 Å². The molecular weight excluding hydrogens is 404 g/mol. The van der Waals surface area contributed by atoms with E-state index in [1.807, 2.05) is 0 Å². The van der Waals surface area contributed by atoms with Gasteiger partial charge in [0.1, 0.15) is 16.3 Å². The van der Waals surface area contributed by atoms with Crippen molar-refractivity contribution in [3.05, 3.63) is 102 Å². The molecule has 146 valence electrons. The van der Waals surface area contributed by atoms with Crippen molar-refractivity contribution in [2.45, 2.75) is 6.54 Å². The Hall–Kier alpha value is -3.66. The molecule has 0 aliphatic heterocycles. The Morgan fingerprint density at radius 3 is 2.59 bits per heavy atom. The van der Waals surface area contributed by atoms with Gasteiger partial charge in [0, 0.05) is 18.2 Å². The molecule has 0 amide bonds. The second-order valence-electron chi connectivity index (χ2n) is 6.17. The van der Waals surface area contributed by atoms with Gasteiger partial charge in [0.2, 0.25) is 0 Å². The van der Waals surface area contributed by atoms with Crippen LogP contribution in [0.2, 0.25) is 0 Å². The van der Waals surface area contributed by atoms with Gasteiger partial charge in [-0.1, -0.05) is 12.1 Å². The predicted molar refractivity (Wildman–Crippen MR) is 104 cm³/mol. The molecule has 10 heteroatoms. The number of non-ortho nitro benzene ring substituents is 1. The first-order valence-electron chi connectivity index (χ1n) is 8.28. The summed E-state index contributed by atoms with van der Waals surface area (Å²) in [6.45, 7) is -0.0726. The van der Waals surface area contributed by atoms with E-state index in [0.29, 0.717) is 21.7 Å². The van der Waals surface area contributed by atoms with E-state index < -0.39 is 27.8 Å². The standard InChI is InChI=1S/C19H11F2N3O4S/c20-12-4-5-15(14(21)9-12)23-18(25)17-16(6-7-29-17)22(19(23)26)10-11-2-1-3-13(8-11)24(27)28/h1-9H,10H2. The fraction of sp³-hybridized carbons (Fsp3) is 0.0526. The number of nitro benzene ring substituents is 1. The fourth-order valence-electron chi connectivity index (χ4n) is 3.07. The average Bonchev–Trinajstić information content (AvgIpc) is 3.17. The highest BCUT2D eigenvalue weighted by Crippen LogP contribution is 2.20. The number of hydrogen-bond donors (Lipinski definition) is 0. The van der Waals surface area contributed by atoms with E-state index in [1.54, 1.807) is 17.5 Å². The summed E-state index contributed by atoms with van der Waals surface area (Å²) in [4.78, 5) is 36.4. The van der Waals surface area contributed by atoms with Crippen molar-refractivity contribution < 1.29 is 13.7 Å². The summed E-state index contributed by atoms with van der Waals surface area (Å²) in [7, 11) is 0. The predicted octanol–water partition coefficient (Wildman–Crippen LogP) is 3.45. The van der Waals surface area contributed by atoms with Crippen LogP contribution in [0.5, 0.6) is 0 Å². The van der Waals surface area contributed by atoms with E-state index in [-0.39, 0.29) is 22.6 Å². The number of nitrogens with zero attached hydrogens (tertiary/aromatic N) is 3. The molecule has 0 aliphatic carbocycles. The van der Waals surface area contributed by atoms with Crippen LogP contribution in [-0.4, -0.2) is 14.1 Å². The van der Waals surface area contributed by atoms with E-state index in [4.69, 9.17) is 0 Å². The normalized spacial score (nSPS) is 11.1. The molecule has 0 bridgehead atoms. The number of hydrogen-bond acceptors (Lipinski definition) is 5. The topological polar surface area (TPSA) is 87.1 Å². The zero-order valence-corrected chi connectivity index (χ0v) is 15.4. The van der Waals surface area contributed by atoms with E-state index in [1.165, 1.54) is 22.8 Å². The number of fused-ring (bicyclic) bond motifs is 1. The maximum Gasteiger partial charge on any atom is 0.336 e. The van der Waals surface area contributed by atoms with Crippen molar-refractivity contribution in [2.75, 3.05) is 0 Å². The second kappa shape index (κ2) is 7.06. The van der Waals surface area contributed by atoms with E-state index in [2.05, 4.69) is 0 Å². The van der Waals surface area contributed by atoms with Crippen LogP contribution >= 0.6 is 11.3 Å². The summed E-state index contributed by atoms with van der Waals surface area (Å²) in [5, 5.41) is 12.6. The number of halogens is 2. The molecule has 4 rings (SSSR count). The minimum absolute atomic E-state index is 0.0726. The minimum Gasteiger partial charge on any atom is -0.288 e. The van der Waals surface area contributed by atoms with Crippen LogP contribution < -0.4 is 11.2 Å². The van der Waals surface area contributed by atoms with Crippen molar-refractivity contribution in [1.82, 2.24) is 9.13 Å². The highest BCUT2D eigenvalue weighted by Gasteiger charge is 2.19. The lowest BCUT2D eigenvalue weighted by Crippen LogP contribution is -2.39. The van der Waals surface area contributed by atoms with Crippen LogP contribution in [0.4, 0.5) is 14.5 Å². The molecule has 0 fully saturated rings. The number of thiophene rings is 1. The third-order valence-corrected chi connectivity index (χ3v) is 5.26. The number of benzene rings is 2. The molecule has 0 unspecified atom stereocenters. The van der Waals surface area contributed by atoms with Crippen molar-refractivity contribution in [3.8, 4) is 5.69 Å². The Balaban J connectivity index is 1.97. The summed E-state index contributed by atoms with van der Waals surface area (Å²) in [5.74, 6) is -1.89. The minimum atomic E-state index is -1.05. The Labute approximate surface area is 164 Å². The molecule has 4 aromatic rings. The maximum atomic E-state index is 14.3. The third kappa shape index (κ3) is 3.23. The second-order valence-corrected chi connectivity index (χ2v) is 7.08. The van der Waals surface area contributed by atoms with Crippen molar-refractivity contribution in [1.29, 1.82) is 0 Å². The quantitative estimate of drug-likeness (QED) is 0.377. The van der Waals surface area contributed by atoms with E-state index >= 15 is 0 Å². The van der Waals surface area contributed by atoms with Gasteiger partial charge in [0.05, 0.1) is 22.7 Å². The Morgan fingerprint density at radius 2 is 1.86 bits per heavy atom. The zero-order chi connectivity index (χ0) is 20.7. The first-order chi connectivity index (χ1) is 13.9. The Bertz CT molecular complexity index is 1390. The van der Waals surface area contributed by atoms with Crippen LogP contribution in [0.1, 0.15) is 5.56 Å². The highest BCUT2D eigenvalue weighted by atomic mass is 32.1. The maximum absolute atomic E-state index is 14.3. The van der Waals surface area contributed by atoms with Crippen LogP contribution in [0.25, 0.3) is 15.9 Å². The summed E-state index contributed by atoms with van der Waals surface area (Å²) < 4.78 is 29.7. The number of rotatable bonds is 4. The lowest BCUT2D eigenvalue weighted by Gasteiger charge is -2.13. The lowest BCUT2D eigenvalue weighted by molar-refractivity contribution is -0.384. The highest BCUT2D eigenvalue weighted by molar-refractivity contribution is 7.17. The van der Waals surface area contributed by atoms with Crippen LogP contribution in [0, 0.1) is 21.7 Å². The first-order valence-corrected chi connectivity index (χ1v) is 9.16. The van der Waals surface area contributed by atoms with Crippen molar-refractivity contribution >= 4 is 27.2 Å². The van der Waals surface area contributed by atoms with Crippen molar-refractivity contribution in [2.24, 2.45) is 0 Å². The van der Waals surface area contributed by atoms with Crippen LogP contribution in [0.15, 0.2) is 63.5 Å². The largest absolute Gasteiger partial charge is 0.336 e. The van der Waals surface area contributed by atoms with Gasteiger partial charge in [0.15, 0.2) is 0 Å². The van der Waals surface area contributed by atoms with Gasteiger partial charge >= 0.3 is 5.69 Å². The van der Waals surface area contributed by atoms with Crippen LogP contribution in [-0.2, 0) is 6.54 Å². The summed E-state index contributed by atoms with van der Waals surface area (Å²) >= 11 is 1.08. The molecule has 0 aliphatic rings. The molecule has 0 spiro atoms. The molecule has 0 saturated carbocycles. The van der Waals surface area contributed by atoms with E-state index in [0.717, 1.165) is 23.5 Å². The zero-order valence-electron chi connectivity index (χ0n) is 14.5. The molecule has 7 nitrogen and oxygen atoms in total. The number of nitro groups is 1. The molecule has 0 N–H and O–H groups in total. The molecular formula is C19H11F2N3O4S. The average molecular weight is 415 g/mol. The molecule has 2 aromatic heterocycles. The lowest BCUT2D eigenvalue weighted by atomic mass is 10.2. The molecule has 0 atom stereocenters. The van der Waals surface area contributed by atoms with Gasteiger partial charge in [-0.15, -0.1) is 11.3 Å². The molecule has 2 aromatic carbocycles. The first kappa shape index (κ1) is 18.7. The third-order valence-electron chi connectivity index (χ3n) is 4.37. The van der Waals surface area contributed by atoms with Crippen molar-refractivity contribution in [3.63, 3.8) is 0 Å². The Kier molecular flexibility index (Phi) is 4.55. The van der Waals surface area contributed by atoms with Crippen LogP contribution in [0.3, 0.4) is 0 Å². The van der Waals surface area contributed by atoms with E-state index in [9.17, 15) is 28.5 Å².